The number of carbonyl (C=O) groups is 1. The van der Waals surface area contributed by atoms with E-state index in [4.69, 9.17) is 0 Å². The van der Waals surface area contributed by atoms with E-state index in [9.17, 15) is 4.79 Å². The van der Waals surface area contributed by atoms with Crippen molar-refractivity contribution in [2.75, 3.05) is 25.5 Å². The number of anilines is 1. The number of hydrogen-bond donors (Lipinski definition) is 3. The molecule has 0 bridgehead atoms. The first-order chi connectivity index (χ1) is 12.6. The maximum absolute atomic E-state index is 11.2. The van der Waals surface area contributed by atoms with Crippen molar-refractivity contribution >= 4 is 53.1 Å². The summed E-state index contributed by atoms with van der Waals surface area (Å²) in [5, 5.41) is 10.3. The van der Waals surface area contributed by atoms with Crippen molar-refractivity contribution in [2.24, 2.45) is 4.99 Å². The Kier molecular flexibility index (Phi) is 10.7. The van der Waals surface area contributed by atoms with Gasteiger partial charge in [0.25, 0.3) is 0 Å². The molecule has 1 amide bonds. The standard InChI is InChI=1S/C18H25N5O2S.HI/c1-4-19-17(20-10-9-16-21-11-13(2)26-16)22-12-14-5-7-15(8-6-14)23-18(24)25-3;/h5-8,11H,4,9-10,12H2,1-3H3,(H,23,24)(H2,19,20,22);1H. The molecular weight excluding hydrogens is 477 g/mol. The number of nitrogens with one attached hydrogen (secondary N) is 3. The lowest BCUT2D eigenvalue weighted by atomic mass is 10.2. The highest BCUT2D eigenvalue weighted by Gasteiger charge is 2.02. The molecular formula is C18H26IN5O2S. The second kappa shape index (κ2) is 12.5. The maximum Gasteiger partial charge on any atom is 0.411 e. The van der Waals surface area contributed by atoms with Crippen LogP contribution in [0.5, 0.6) is 0 Å². The number of amides is 1. The minimum absolute atomic E-state index is 0. The molecule has 0 aliphatic carbocycles. The number of methoxy groups -OCH3 is 1. The maximum atomic E-state index is 11.2. The van der Waals surface area contributed by atoms with Gasteiger partial charge in [-0.15, -0.1) is 35.3 Å². The van der Waals surface area contributed by atoms with Gasteiger partial charge in [0.15, 0.2) is 5.96 Å². The molecule has 0 aliphatic rings. The Morgan fingerprint density at radius 2 is 2.00 bits per heavy atom. The van der Waals surface area contributed by atoms with Crippen LogP contribution >= 0.6 is 35.3 Å². The van der Waals surface area contributed by atoms with Crippen molar-refractivity contribution in [3.05, 3.63) is 45.9 Å². The van der Waals surface area contributed by atoms with Gasteiger partial charge in [0.05, 0.1) is 18.7 Å². The summed E-state index contributed by atoms with van der Waals surface area (Å²) in [5.41, 5.74) is 1.74. The number of aryl methyl sites for hydroxylation is 1. The number of guanidine groups is 1. The minimum atomic E-state index is -0.482. The van der Waals surface area contributed by atoms with Crippen LogP contribution in [0.1, 0.15) is 22.4 Å². The van der Waals surface area contributed by atoms with Gasteiger partial charge < -0.3 is 15.4 Å². The van der Waals surface area contributed by atoms with Crippen LogP contribution in [-0.2, 0) is 17.7 Å². The average molecular weight is 503 g/mol. The number of rotatable bonds is 7. The van der Waals surface area contributed by atoms with Crippen molar-refractivity contribution in [3.8, 4) is 0 Å². The third-order valence-electron chi connectivity index (χ3n) is 3.45. The van der Waals surface area contributed by atoms with Crippen LogP contribution in [-0.4, -0.2) is 37.2 Å². The Balaban J connectivity index is 0.00000364. The van der Waals surface area contributed by atoms with Crippen molar-refractivity contribution in [3.63, 3.8) is 0 Å². The van der Waals surface area contributed by atoms with E-state index in [-0.39, 0.29) is 24.0 Å². The zero-order valence-corrected chi connectivity index (χ0v) is 18.9. The first kappa shape index (κ1) is 23.2. The number of thiazole rings is 1. The lowest BCUT2D eigenvalue weighted by Gasteiger charge is -2.11. The van der Waals surface area contributed by atoms with E-state index in [1.165, 1.54) is 12.0 Å². The van der Waals surface area contributed by atoms with Gasteiger partial charge in [-0.3, -0.25) is 5.32 Å². The molecule has 0 atom stereocenters. The number of ether oxygens (including phenoxy) is 1. The minimum Gasteiger partial charge on any atom is -0.453 e. The molecule has 2 rings (SSSR count). The van der Waals surface area contributed by atoms with Crippen LogP contribution in [0.15, 0.2) is 35.5 Å². The number of benzene rings is 1. The second-order valence-corrected chi connectivity index (χ2v) is 6.87. The number of hydrogen-bond acceptors (Lipinski definition) is 5. The molecule has 0 unspecified atom stereocenters. The molecule has 0 aliphatic heterocycles. The molecule has 0 spiro atoms. The molecule has 9 heteroatoms. The molecule has 27 heavy (non-hydrogen) atoms. The second-order valence-electron chi connectivity index (χ2n) is 5.55. The van der Waals surface area contributed by atoms with Crippen molar-refractivity contribution in [1.82, 2.24) is 15.6 Å². The fraction of sp³-hybridized carbons (Fsp3) is 0.389. The van der Waals surface area contributed by atoms with E-state index < -0.39 is 6.09 Å². The molecule has 0 fully saturated rings. The molecule has 2 aromatic rings. The van der Waals surface area contributed by atoms with E-state index in [0.29, 0.717) is 12.2 Å². The predicted molar refractivity (Wildman–Crippen MR) is 121 cm³/mol. The zero-order valence-electron chi connectivity index (χ0n) is 15.7. The van der Waals surface area contributed by atoms with E-state index in [1.807, 2.05) is 37.4 Å². The van der Waals surface area contributed by atoms with Crippen molar-refractivity contribution < 1.29 is 9.53 Å². The number of halogens is 1. The quantitative estimate of drug-likeness (QED) is 0.306. The van der Waals surface area contributed by atoms with E-state index in [0.717, 1.165) is 36.0 Å². The molecule has 0 saturated carbocycles. The highest BCUT2D eigenvalue weighted by atomic mass is 127. The zero-order chi connectivity index (χ0) is 18.8. The normalized spacial score (nSPS) is 10.7. The Hall–Kier alpha value is -1.88. The first-order valence-electron chi connectivity index (χ1n) is 8.48. The molecule has 3 N–H and O–H groups in total. The Morgan fingerprint density at radius 1 is 1.26 bits per heavy atom. The lowest BCUT2D eigenvalue weighted by Crippen LogP contribution is -2.38. The van der Waals surface area contributed by atoms with E-state index in [2.05, 4.69) is 37.6 Å². The number of aliphatic imine (C=N–C) groups is 1. The van der Waals surface area contributed by atoms with Gasteiger partial charge in [0, 0.05) is 36.3 Å². The smallest absolute Gasteiger partial charge is 0.411 e. The summed E-state index contributed by atoms with van der Waals surface area (Å²) in [7, 11) is 1.34. The summed E-state index contributed by atoms with van der Waals surface area (Å²) in [5.74, 6) is 0.776. The van der Waals surface area contributed by atoms with Gasteiger partial charge in [0.2, 0.25) is 0 Å². The summed E-state index contributed by atoms with van der Waals surface area (Å²) in [6.07, 6.45) is 2.29. The van der Waals surface area contributed by atoms with Crippen LogP contribution in [0.3, 0.4) is 0 Å². The summed E-state index contributed by atoms with van der Waals surface area (Å²) in [4.78, 5) is 21.4. The Morgan fingerprint density at radius 3 is 2.59 bits per heavy atom. The van der Waals surface area contributed by atoms with Crippen LogP contribution in [0.4, 0.5) is 10.5 Å². The highest BCUT2D eigenvalue weighted by molar-refractivity contribution is 14.0. The lowest BCUT2D eigenvalue weighted by molar-refractivity contribution is 0.187. The van der Waals surface area contributed by atoms with Gasteiger partial charge >= 0.3 is 6.09 Å². The van der Waals surface area contributed by atoms with Crippen LogP contribution in [0.25, 0.3) is 0 Å². The van der Waals surface area contributed by atoms with Gasteiger partial charge in [-0.1, -0.05) is 12.1 Å². The molecule has 0 radical (unpaired) electrons. The van der Waals surface area contributed by atoms with Gasteiger partial charge in [-0.2, -0.15) is 0 Å². The van der Waals surface area contributed by atoms with Gasteiger partial charge in [0.1, 0.15) is 0 Å². The van der Waals surface area contributed by atoms with Gasteiger partial charge in [-0.25, -0.2) is 14.8 Å². The molecule has 0 saturated heterocycles. The predicted octanol–water partition coefficient (Wildman–Crippen LogP) is 3.55. The summed E-state index contributed by atoms with van der Waals surface area (Å²) >= 11 is 1.72. The average Bonchev–Trinajstić information content (AvgIpc) is 3.06. The van der Waals surface area contributed by atoms with E-state index >= 15 is 0 Å². The van der Waals surface area contributed by atoms with Gasteiger partial charge in [-0.05, 0) is 31.5 Å². The highest BCUT2D eigenvalue weighted by Crippen LogP contribution is 2.11. The largest absolute Gasteiger partial charge is 0.453 e. The molecule has 148 valence electrons. The fourth-order valence-corrected chi connectivity index (χ4v) is 2.97. The molecule has 1 heterocycles. The molecule has 7 nitrogen and oxygen atoms in total. The topological polar surface area (TPSA) is 87.6 Å². The first-order valence-corrected chi connectivity index (χ1v) is 9.29. The number of carbonyl (C=O) groups excluding carboxylic acids is 1. The summed E-state index contributed by atoms with van der Waals surface area (Å²) in [6.45, 7) is 6.22. The van der Waals surface area contributed by atoms with Crippen molar-refractivity contribution in [2.45, 2.75) is 26.8 Å². The number of aromatic nitrogens is 1. The third kappa shape index (κ3) is 8.57. The number of nitrogens with zero attached hydrogens (tertiary/aromatic N) is 2. The fourth-order valence-electron chi connectivity index (χ4n) is 2.18. The Bertz CT molecular complexity index is 734. The molecule has 1 aromatic carbocycles. The van der Waals surface area contributed by atoms with Crippen LogP contribution in [0.2, 0.25) is 0 Å². The van der Waals surface area contributed by atoms with E-state index in [1.54, 1.807) is 11.3 Å². The van der Waals surface area contributed by atoms with Crippen LogP contribution in [0, 0.1) is 6.92 Å². The van der Waals surface area contributed by atoms with Crippen LogP contribution < -0.4 is 16.0 Å². The summed E-state index contributed by atoms with van der Waals surface area (Å²) in [6, 6.07) is 7.51. The Labute approximate surface area is 181 Å². The SMILES string of the molecule is CCNC(=NCc1ccc(NC(=O)OC)cc1)NCCc1ncc(C)s1.I. The summed E-state index contributed by atoms with van der Waals surface area (Å²) < 4.78 is 4.57. The van der Waals surface area contributed by atoms with Crippen molar-refractivity contribution in [1.29, 1.82) is 0 Å². The molecule has 1 aromatic heterocycles. The monoisotopic (exact) mass is 503 g/mol. The third-order valence-corrected chi connectivity index (χ3v) is 4.42.